The Morgan fingerprint density at radius 3 is 2.88 bits per heavy atom. The molecule has 88 valence electrons. The summed E-state index contributed by atoms with van der Waals surface area (Å²) in [6.45, 7) is 3.34. The maximum Gasteiger partial charge on any atom is 0.157 e. The normalized spacial score (nSPS) is 20.1. The van der Waals surface area contributed by atoms with Crippen LogP contribution in [0.3, 0.4) is 0 Å². The van der Waals surface area contributed by atoms with Crippen LogP contribution in [0.25, 0.3) is 0 Å². The molecule has 1 aromatic carbocycles. The average molecular weight is 223 g/mol. The minimum absolute atomic E-state index is 0.0662. The van der Waals surface area contributed by atoms with Crippen LogP contribution in [-0.2, 0) is 11.3 Å². The molecular weight excluding hydrogens is 206 g/mol. The highest BCUT2D eigenvalue weighted by Gasteiger charge is 2.14. The summed E-state index contributed by atoms with van der Waals surface area (Å²) in [6.07, 6.45) is 1.12. The molecule has 0 bridgehead atoms. The summed E-state index contributed by atoms with van der Waals surface area (Å²) in [5, 5.41) is 21.8. The van der Waals surface area contributed by atoms with E-state index in [4.69, 9.17) is 9.84 Å². The van der Waals surface area contributed by atoms with Crippen LogP contribution in [0, 0.1) is 5.92 Å². The molecule has 3 N–H and O–H groups in total. The van der Waals surface area contributed by atoms with Crippen LogP contribution < -0.4 is 5.32 Å². The van der Waals surface area contributed by atoms with Crippen molar-refractivity contribution < 1.29 is 14.9 Å². The van der Waals surface area contributed by atoms with Gasteiger partial charge in [-0.1, -0.05) is 6.07 Å². The zero-order chi connectivity index (χ0) is 11.4. The van der Waals surface area contributed by atoms with Crippen LogP contribution in [0.4, 0.5) is 0 Å². The van der Waals surface area contributed by atoms with Crippen LogP contribution in [0.2, 0.25) is 0 Å². The number of hydrogen-bond acceptors (Lipinski definition) is 4. The molecule has 0 aliphatic carbocycles. The maximum absolute atomic E-state index is 9.31. The Kier molecular flexibility index (Phi) is 3.64. The van der Waals surface area contributed by atoms with Crippen molar-refractivity contribution in [1.29, 1.82) is 0 Å². The van der Waals surface area contributed by atoms with E-state index in [-0.39, 0.29) is 11.5 Å². The molecule has 0 saturated carbocycles. The lowest BCUT2D eigenvalue weighted by molar-refractivity contribution is 0.185. The highest BCUT2D eigenvalue weighted by molar-refractivity contribution is 5.40. The zero-order valence-electron chi connectivity index (χ0n) is 9.15. The first-order valence-corrected chi connectivity index (χ1v) is 5.55. The molecule has 4 heteroatoms. The molecule has 4 nitrogen and oxygen atoms in total. The Morgan fingerprint density at radius 1 is 1.31 bits per heavy atom. The molecule has 1 aliphatic rings. The van der Waals surface area contributed by atoms with Crippen molar-refractivity contribution in [2.45, 2.75) is 13.0 Å². The standard InChI is InChI=1S/C12H17NO3/c14-11-2-1-9(5-12(11)15)6-13-7-10-3-4-16-8-10/h1-2,5,10,13-15H,3-4,6-8H2. The third-order valence-corrected chi connectivity index (χ3v) is 2.83. The second kappa shape index (κ2) is 5.18. The summed E-state index contributed by atoms with van der Waals surface area (Å²) < 4.78 is 5.28. The predicted octanol–water partition coefficient (Wildman–Crippen LogP) is 1.22. The summed E-state index contributed by atoms with van der Waals surface area (Å²) in [5.41, 5.74) is 0.967. The van der Waals surface area contributed by atoms with Crippen molar-refractivity contribution in [2.24, 2.45) is 5.92 Å². The number of nitrogens with one attached hydrogen (secondary N) is 1. The second-order valence-electron chi connectivity index (χ2n) is 4.18. The molecule has 1 fully saturated rings. The van der Waals surface area contributed by atoms with Crippen LogP contribution in [0.5, 0.6) is 11.5 Å². The molecule has 0 amide bonds. The van der Waals surface area contributed by atoms with Gasteiger partial charge in [0.2, 0.25) is 0 Å². The van der Waals surface area contributed by atoms with Gasteiger partial charge in [-0.2, -0.15) is 0 Å². The lowest BCUT2D eigenvalue weighted by atomic mass is 10.1. The monoisotopic (exact) mass is 223 g/mol. The Labute approximate surface area is 94.9 Å². The molecule has 1 saturated heterocycles. The first-order valence-electron chi connectivity index (χ1n) is 5.55. The predicted molar refractivity (Wildman–Crippen MR) is 60.4 cm³/mol. The Bertz CT molecular complexity index is 348. The topological polar surface area (TPSA) is 61.7 Å². The Morgan fingerprint density at radius 2 is 2.19 bits per heavy atom. The summed E-state index contributed by atoms with van der Waals surface area (Å²) in [4.78, 5) is 0. The van der Waals surface area contributed by atoms with Gasteiger partial charge < -0.3 is 20.3 Å². The lowest BCUT2D eigenvalue weighted by Crippen LogP contribution is -2.22. The van der Waals surface area contributed by atoms with Crippen molar-refractivity contribution >= 4 is 0 Å². The van der Waals surface area contributed by atoms with Gasteiger partial charge in [-0.25, -0.2) is 0 Å². The van der Waals surface area contributed by atoms with Crippen LogP contribution in [0.1, 0.15) is 12.0 Å². The Hall–Kier alpha value is -1.26. The Balaban J connectivity index is 1.78. The molecular formula is C12H17NO3. The number of hydrogen-bond donors (Lipinski definition) is 3. The molecule has 2 rings (SSSR count). The molecule has 1 unspecified atom stereocenters. The quantitative estimate of drug-likeness (QED) is 0.672. The van der Waals surface area contributed by atoms with Crippen molar-refractivity contribution in [1.82, 2.24) is 5.32 Å². The van der Waals surface area contributed by atoms with Crippen molar-refractivity contribution in [2.75, 3.05) is 19.8 Å². The number of benzene rings is 1. The van der Waals surface area contributed by atoms with E-state index in [1.54, 1.807) is 12.1 Å². The van der Waals surface area contributed by atoms with E-state index in [1.165, 1.54) is 6.07 Å². The molecule has 0 aromatic heterocycles. The highest BCUT2D eigenvalue weighted by atomic mass is 16.5. The maximum atomic E-state index is 9.31. The van der Waals surface area contributed by atoms with E-state index in [1.807, 2.05) is 0 Å². The second-order valence-corrected chi connectivity index (χ2v) is 4.18. The third kappa shape index (κ3) is 2.87. The zero-order valence-corrected chi connectivity index (χ0v) is 9.15. The van der Waals surface area contributed by atoms with Crippen molar-refractivity contribution in [3.8, 4) is 11.5 Å². The van der Waals surface area contributed by atoms with Gasteiger partial charge in [0.15, 0.2) is 11.5 Å². The van der Waals surface area contributed by atoms with Crippen LogP contribution in [0.15, 0.2) is 18.2 Å². The smallest absolute Gasteiger partial charge is 0.157 e. The molecule has 0 spiro atoms. The number of ether oxygens (including phenoxy) is 1. The summed E-state index contributed by atoms with van der Waals surface area (Å²) in [7, 11) is 0. The van der Waals surface area contributed by atoms with E-state index in [0.717, 1.165) is 31.7 Å². The highest BCUT2D eigenvalue weighted by Crippen LogP contribution is 2.24. The first-order chi connectivity index (χ1) is 7.75. The fourth-order valence-corrected chi connectivity index (χ4v) is 1.84. The van der Waals surface area contributed by atoms with Gasteiger partial charge in [-0.3, -0.25) is 0 Å². The fourth-order valence-electron chi connectivity index (χ4n) is 1.84. The number of phenolic OH excluding ortho intramolecular Hbond substituents is 2. The van der Waals surface area contributed by atoms with Crippen LogP contribution >= 0.6 is 0 Å². The average Bonchev–Trinajstić information content (AvgIpc) is 2.76. The van der Waals surface area contributed by atoms with Crippen molar-refractivity contribution in [3.05, 3.63) is 23.8 Å². The molecule has 0 radical (unpaired) electrons. The number of phenols is 2. The van der Waals surface area contributed by atoms with Gasteiger partial charge in [0.05, 0.1) is 6.61 Å². The van der Waals surface area contributed by atoms with E-state index in [2.05, 4.69) is 5.32 Å². The van der Waals surface area contributed by atoms with Gasteiger partial charge in [-0.05, 0) is 30.0 Å². The van der Waals surface area contributed by atoms with E-state index >= 15 is 0 Å². The first kappa shape index (κ1) is 11.2. The van der Waals surface area contributed by atoms with Gasteiger partial charge in [0, 0.05) is 19.7 Å². The molecule has 1 aliphatic heterocycles. The minimum Gasteiger partial charge on any atom is -0.504 e. The summed E-state index contributed by atoms with van der Waals surface area (Å²) in [6, 6.07) is 4.88. The lowest BCUT2D eigenvalue weighted by Gasteiger charge is -2.09. The SMILES string of the molecule is Oc1ccc(CNCC2CCOC2)cc1O. The largest absolute Gasteiger partial charge is 0.504 e. The summed E-state index contributed by atoms with van der Waals surface area (Å²) >= 11 is 0. The molecule has 1 atom stereocenters. The molecule has 1 aromatic rings. The van der Waals surface area contributed by atoms with E-state index in [9.17, 15) is 5.11 Å². The third-order valence-electron chi connectivity index (χ3n) is 2.83. The van der Waals surface area contributed by atoms with E-state index in [0.29, 0.717) is 12.5 Å². The minimum atomic E-state index is -0.0760. The molecule has 1 heterocycles. The number of aromatic hydroxyl groups is 2. The van der Waals surface area contributed by atoms with Crippen LogP contribution in [-0.4, -0.2) is 30.0 Å². The van der Waals surface area contributed by atoms with Gasteiger partial charge in [-0.15, -0.1) is 0 Å². The molecule has 16 heavy (non-hydrogen) atoms. The summed E-state index contributed by atoms with van der Waals surface area (Å²) in [5.74, 6) is 0.460. The van der Waals surface area contributed by atoms with Gasteiger partial charge in [0.25, 0.3) is 0 Å². The fraction of sp³-hybridized carbons (Fsp3) is 0.500. The van der Waals surface area contributed by atoms with Gasteiger partial charge >= 0.3 is 0 Å². The van der Waals surface area contributed by atoms with Gasteiger partial charge in [0.1, 0.15) is 0 Å². The van der Waals surface area contributed by atoms with E-state index < -0.39 is 0 Å². The number of rotatable bonds is 4. The van der Waals surface area contributed by atoms with Crippen molar-refractivity contribution in [3.63, 3.8) is 0 Å².